The first kappa shape index (κ1) is 12.8. The van der Waals surface area contributed by atoms with Crippen molar-refractivity contribution in [2.75, 3.05) is 36.9 Å². The van der Waals surface area contributed by atoms with E-state index in [2.05, 4.69) is 0 Å². The van der Waals surface area contributed by atoms with E-state index in [9.17, 15) is 4.39 Å². The summed E-state index contributed by atoms with van der Waals surface area (Å²) in [6.45, 7) is 6.65. The lowest BCUT2D eigenvalue weighted by atomic mass is 10.2. The van der Waals surface area contributed by atoms with E-state index >= 15 is 0 Å². The molecule has 0 bridgehead atoms. The molecule has 0 aliphatic rings. The number of hydrogen-bond acceptors (Lipinski definition) is 3. The van der Waals surface area contributed by atoms with Crippen LogP contribution in [0.25, 0.3) is 0 Å². The number of benzene rings is 1. The van der Waals surface area contributed by atoms with Gasteiger partial charge in [0.1, 0.15) is 5.82 Å². The summed E-state index contributed by atoms with van der Waals surface area (Å²) < 4.78 is 18.9. The Kier molecular flexibility index (Phi) is 5.05. The number of rotatable bonds is 6. The molecule has 4 heteroatoms. The SMILES string of the molecule is CCOCCN(CC)c1ccc(N)cc1F. The summed E-state index contributed by atoms with van der Waals surface area (Å²) in [6, 6.07) is 4.76. The Morgan fingerprint density at radius 1 is 1.38 bits per heavy atom. The van der Waals surface area contributed by atoms with Gasteiger partial charge in [-0.15, -0.1) is 0 Å². The molecule has 90 valence electrons. The molecule has 0 atom stereocenters. The summed E-state index contributed by atoms with van der Waals surface area (Å²) in [5.74, 6) is -0.279. The van der Waals surface area contributed by atoms with Gasteiger partial charge in [-0.2, -0.15) is 0 Å². The second kappa shape index (κ2) is 6.33. The minimum Gasteiger partial charge on any atom is -0.399 e. The molecule has 0 heterocycles. The zero-order valence-electron chi connectivity index (χ0n) is 9.87. The summed E-state index contributed by atoms with van der Waals surface area (Å²) in [4.78, 5) is 1.93. The quantitative estimate of drug-likeness (QED) is 0.597. The fourth-order valence-electron chi connectivity index (χ4n) is 1.55. The third-order valence-electron chi connectivity index (χ3n) is 2.40. The Bertz CT molecular complexity index is 331. The summed E-state index contributed by atoms with van der Waals surface area (Å²) in [6.07, 6.45) is 0. The van der Waals surface area contributed by atoms with Crippen LogP contribution in [0.1, 0.15) is 13.8 Å². The van der Waals surface area contributed by atoms with Gasteiger partial charge in [-0.05, 0) is 32.0 Å². The largest absolute Gasteiger partial charge is 0.399 e. The van der Waals surface area contributed by atoms with Gasteiger partial charge in [-0.3, -0.25) is 0 Å². The van der Waals surface area contributed by atoms with Gasteiger partial charge in [-0.1, -0.05) is 0 Å². The molecule has 3 nitrogen and oxygen atoms in total. The van der Waals surface area contributed by atoms with Gasteiger partial charge in [0.05, 0.1) is 12.3 Å². The standard InChI is InChI=1S/C12H19FN2O/c1-3-15(7-8-16-4-2)12-6-5-10(14)9-11(12)13/h5-6,9H,3-4,7-8,14H2,1-2H3. The van der Waals surface area contributed by atoms with Crippen LogP contribution in [0, 0.1) is 5.82 Å². The van der Waals surface area contributed by atoms with Gasteiger partial charge in [0.15, 0.2) is 0 Å². The number of nitrogen functional groups attached to an aromatic ring is 1. The smallest absolute Gasteiger partial charge is 0.148 e. The molecule has 0 fully saturated rings. The van der Waals surface area contributed by atoms with E-state index < -0.39 is 0 Å². The lowest BCUT2D eigenvalue weighted by Gasteiger charge is -2.23. The highest BCUT2D eigenvalue weighted by molar-refractivity contribution is 5.54. The number of ether oxygens (including phenoxy) is 1. The van der Waals surface area contributed by atoms with E-state index in [1.54, 1.807) is 12.1 Å². The number of nitrogens with two attached hydrogens (primary N) is 1. The van der Waals surface area contributed by atoms with E-state index in [0.717, 1.165) is 6.54 Å². The van der Waals surface area contributed by atoms with Crippen molar-refractivity contribution in [3.63, 3.8) is 0 Å². The average Bonchev–Trinajstić information content (AvgIpc) is 2.26. The van der Waals surface area contributed by atoms with Crippen LogP contribution >= 0.6 is 0 Å². The molecule has 2 N–H and O–H groups in total. The molecular weight excluding hydrogens is 207 g/mol. The molecule has 1 aromatic rings. The Hall–Kier alpha value is -1.29. The molecule has 1 aromatic carbocycles. The summed E-state index contributed by atoms with van der Waals surface area (Å²) in [5, 5.41) is 0. The fraction of sp³-hybridized carbons (Fsp3) is 0.500. The second-order valence-corrected chi connectivity index (χ2v) is 3.49. The van der Waals surface area contributed by atoms with Crippen molar-refractivity contribution in [1.29, 1.82) is 0 Å². The first-order chi connectivity index (χ1) is 7.69. The third kappa shape index (κ3) is 3.38. The van der Waals surface area contributed by atoms with Gasteiger partial charge in [0.25, 0.3) is 0 Å². The van der Waals surface area contributed by atoms with Crippen LogP contribution in [0.15, 0.2) is 18.2 Å². The van der Waals surface area contributed by atoms with Crippen molar-refractivity contribution in [3.05, 3.63) is 24.0 Å². The van der Waals surface area contributed by atoms with Gasteiger partial charge >= 0.3 is 0 Å². The van der Waals surface area contributed by atoms with E-state index in [4.69, 9.17) is 10.5 Å². The Labute approximate surface area is 96.0 Å². The molecule has 0 aliphatic heterocycles. The zero-order chi connectivity index (χ0) is 12.0. The Balaban J connectivity index is 2.70. The van der Waals surface area contributed by atoms with E-state index in [1.165, 1.54) is 6.07 Å². The molecule has 1 rings (SSSR count). The number of halogens is 1. The Morgan fingerprint density at radius 3 is 2.69 bits per heavy atom. The summed E-state index contributed by atoms with van der Waals surface area (Å²) in [5.41, 5.74) is 6.53. The summed E-state index contributed by atoms with van der Waals surface area (Å²) >= 11 is 0. The van der Waals surface area contributed by atoms with Crippen molar-refractivity contribution in [2.24, 2.45) is 0 Å². The number of anilines is 2. The first-order valence-corrected chi connectivity index (χ1v) is 5.56. The minimum atomic E-state index is -0.279. The van der Waals surface area contributed by atoms with E-state index in [-0.39, 0.29) is 5.82 Å². The minimum absolute atomic E-state index is 0.279. The monoisotopic (exact) mass is 226 g/mol. The van der Waals surface area contributed by atoms with Crippen LogP contribution in [0.5, 0.6) is 0 Å². The highest BCUT2D eigenvalue weighted by Crippen LogP contribution is 2.21. The number of likely N-dealkylation sites (N-methyl/N-ethyl adjacent to an activating group) is 1. The van der Waals surface area contributed by atoms with E-state index in [0.29, 0.717) is 31.1 Å². The van der Waals surface area contributed by atoms with Crippen molar-refractivity contribution in [1.82, 2.24) is 0 Å². The van der Waals surface area contributed by atoms with Gasteiger partial charge in [0.2, 0.25) is 0 Å². The molecule has 0 radical (unpaired) electrons. The molecule has 0 saturated heterocycles. The van der Waals surface area contributed by atoms with Crippen LogP contribution in [-0.2, 0) is 4.74 Å². The predicted octanol–water partition coefficient (Wildman–Crippen LogP) is 2.27. The molecule has 0 unspecified atom stereocenters. The second-order valence-electron chi connectivity index (χ2n) is 3.49. The van der Waals surface area contributed by atoms with Crippen LogP contribution in [0.4, 0.5) is 15.8 Å². The fourth-order valence-corrected chi connectivity index (χ4v) is 1.55. The first-order valence-electron chi connectivity index (χ1n) is 5.56. The molecular formula is C12H19FN2O. The van der Waals surface area contributed by atoms with Crippen molar-refractivity contribution < 1.29 is 9.13 Å². The van der Waals surface area contributed by atoms with Crippen LogP contribution in [0.3, 0.4) is 0 Å². The maximum atomic E-state index is 13.6. The normalized spacial score (nSPS) is 10.4. The third-order valence-corrected chi connectivity index (χ3v) is 2.40. The van der Waals surface area contributed by atoms with Gasteiger partial charge < -0.3 is 15.4 Å². The lowest BCUT2D eigenvalue weighted by Crippen LogP contribution is -2.28. The molecule has 0 aromatic heterocycles. The number of nitrogens with zero attached hydrogens (tertiary/aromatic N) is 1. The average molecular weight is 226 g/mol. The number of hydrogen-bond donors (Lipinski definition) is 1. The van der Waals surface area contributed by atoms with Gasteiger partial charge in [-0.25, -0.2) is 4.39 Å². The predicted molar refractivity (Wildman–Crippen MR) is 65.2 cm³/mol. The maximum Gasteiger partial charge on any atom is 0.148 e. The maximum absolute atomic E-state index is 13.6. The zero-order valence-corrected chi connectivity index (χ0v) is 9.87. The van der Waals surface area contributed by atoms with Crippen LogP contribution < -0.4 is 10.6 Å². The van der Waals surface area contributed by atoms with Crippen LogP contribution in [-0.4, -0.2) is 26.3 Å². The van der Waals surface area contributed by atoms with Gasteiger partial charge in [0, 0.05) is 25.4 Å². The lowest BCUT2D eigenvalue weighted by molar-refractivity contribution is 0.154. The molecule has 0 saturated carbocycles. The van der Waals surface area contributed by atoms with Crippen molar-refractivity contribution >= 4 is 11.4 Å². The van der Waals surface area contributed by atoms with Crippen LogP contribution in [0.2, 0.25) is 0 Å². The van der Waals surface area contributed by atoms with Crippen molar-refractivity contribution in [3.8, 4) is 0 Å². The topological polar surface area (TPSA) is 38.5 Å². The molecule has 0 aliphatic carbocycles. The highest BCUT2D eigenvalue weighted by atomic mass is 19.1. The summed E-state index contributed by atoms with van der Waals surface area (Å²) in [7, 11) is 0. The molecule has 0 spiro atoms. The molecule has 16 heavy (non-hydrogen) atoms. The van der Waals surface area contributed by atoms with E-state index in [1.807, 2.05) is 18.7 Å². The van der Waals surface area contributed by atoms with Crippen molar-refractivity contribution in [2.45, 2.75) is 13.8 Å². The Morgan fingerprint density at radius 2 is 2.12 bits per heavy atom. The molecule has 0 amide bonds. The highest BCUT2D eigenvalue weighted by Gasteiger charge is 2.09.